The van der Waals surface area contributed by atoms with Crippen LogP contribution in [0, 0.1) is 5.82 Å². The second-order valence-electron chi connectivity index (χ2n) is 4.65. The lowest BCUT2D eigenvalue weighted by molar-refractivity contribution is 0.413. The average molecular weight is 276 g/mol. The van der Waals surface area contributed by atoms with Crippen LogP contribution >= 0.6 is 0 Å². The number of aromatic nitrogens is 2. The van der Waals surface area contributed by atoms with Gasteiger partial charge in [-0.05, 0) is 18.1 Å². The Kier molecular flexibility index (Phi) is 4.02. The summed E-state index contributed by atoms with van der Waals surface area (Å²) < 4.78 is 18.3. The SMILES string of the molecule is COc1cc(F)ccc1Nc1ncnc(N)c1C(C)C. The summed E-state index contributed by atoms with van der Waals surface area (Å²) in [4.78, 5) is 8.20. The molecule has 5 nitrogen and oxygen atoms in total. The molecule has 0 radical (unpaired) electrons. The van der Waals surface area contributed by atoms with E-state index in [0.717, 1.165) is 5.56 Å². The van der Waals surface area contributed by atoms with E-state index < -0.39 is 0 Å². The molecule has 0 atom stereocenters. The molecule has 0 spiro atoms. The van der Waals surface area contributed by atoms with Gasteiger partial charge in [-0.1, -0.05) is 13.8 Å². The van der Waals surface area contributed by atoms with E-state index in [-0.39, 0.29) is 11.7 Å². The first-order valence-corrected chi connectivity index (χ1v) is 6.24. The fourth-order valence-corrected chi connectivity index (χ4v) is 1.97. The molecule has 0 unspecified atom stereocenters. The lowest BCUT2D eigenvalue weighted by Gasteiger charge is -2.16. The van der Waals surface area contributed by atoms with E-state index in [9.17, 15) is 4.39 Å². The third-order valence-corrected chi connectivity index (χ3v) is 2.91. The van der Waals surface area contributed by atoms with Crippen molar-refractivity contribution in [3.63, 3.8) is 0 Å². The van der Waals surface area contributed by atoms with Crippen LogP contribution in [-0.4, -0.2) is 17.1 Å². The molecule has 0 aliphatic rings. The van der Waals surface area contributed by atoms with E-state index >= 15 is 0 Å². The zero-order valence-corrected chi connectivity index (χ0v) is 11.6. The number of halogens is 1. The highest BCUT2D eigenvalue weighted by Crippen LogP contribution is 2.32. The first-order valence-electron chi connectivity index (χ1n) is 6.24. The van der Waals surface area contributed by atoms with E-state index in [0.29, 0.717) is 23.1 Å². The Hall–Kier alpha value is -2.37. The molecule has 0 amide bonds. The molecule has 3 N–H and O–H groups in total. The minimum absolute atomic E-state index is 0.158. The van der Waals surface area contributed by atoms with Crippen LogP contribution in [0.3, 0.4) is 0 Å². The maximum Gasteiger partial charge on any atom is 0.145 e. The quantitative estimate of drug-likeness (QED) is 0.897. The molecule has 6 heteroatoms. The average Bonchev–Trinajstić information content (AvgIpc) is 2.40. The fourth-order valence-electron chi connectivity index (χ4n) is 1.97. The van der Waals surface area contributed by atoms with Gasteiger partial charge < -0.3 is 15.8 Å². The Bertz CT molecular complexity index is 616. The number of ether oxygens (including phenoxy) is 1. The maximum atomic E-state index is 13.2. The first-order chi connectivity index (χ1) is 9.52. The molecule has 20 heavy (non-hydrogen) atoms. The Balaban J connectivity index is 2.43. The predicted octanol–water partition coefficient (Wildman–Crippen LogP) is 3.07. The van der Waals surface area contributed by atoms with Crippen molar-refractivity contribution in [2.24, 2.45) is 0 Å². The van der Waals surface area contributed by atoms with Crippen molar-refractivity contribution >= 4 is 17.3 Å². The van der Waals surface area contributed by atoms with Crippen molar-refractivity contribution in [3.05, 3.63) is 35.9 Å². The van der Waals surface area contributed by atoms with E-state index in [4.69, 9.17) is 10.5 Å². The summed E-state index contributed by atoms with van der Waals surface area (Å²) >= 11 is 0. The van der Waals surface area contributed by atoms with Gasteiger partial charge in [0.2, 0.25) is 0 Å². The zero-order chi connectivity index (χ0) is 14.7. The number of nitrogens with zero attached hydrogens (tertiary/aromatic N) is 2. The van der Waals surface area contributed by atoms with E-state index in [2.05, 4.69) is 15.3 Å². The van der Waals surface area contributed by atoms with E-state index in [1.807, 2.05) is 13.8 Å². The summed E-state index contributed by atoms with van der Waals surface area (Å²) in [7, 11) is 1.48. The Labute approximate surface area is 117 Å². The Morgan fingerprint density at radius 1 is 1.30 bits per heavy atom. The summed E-state index contributed by atoms with van der Waals surface area (Å²) in [6.07, 6.45) is 1.39. The number of nitrogens with two attached hydrogens (primary N) is 1. The van der Waals surface area contributed by atoms with Crippen LogP contribution in [0.4, 0.5) is 21.7 Å². The molecule has 0 aliphatic heterocycles. The van der Waals surface area contributed by atoms with Gasteiger partial charge in [-0.25, -0.2) is 14.4 Å². The smallest absolute Gasteiger partial charge is 0.145 e. The van der Waals surface area contributed by atoms with Crippen LogP contribution in [-0.2, 0) is 0 Å². The van der Waals surface area contributed by atoms with Crippen LogP contribution in [0.2, 0.25) is 0 Å². The summed E-state index contributed by atoms with van der Waals surface area (Å²) in [5.41, 5.74) is 7.33. The van der Waals surface area contributed by atoms with Gasteiger partial charge in [0.25, 0.3) is 0 Å². The Morgan fingerprint density at radius 2 is 2.05 bits per heavy atom. The van der Waals surface area contributed by atoms with Crippen molar-refractivity contribution in [3.8, 4) is 5.75 Å². The summed E-state index contributed by atoms with van der Waals surface area (Å²) in [6, 6.07) is 4.25. The van der Waals surface area contributed by atoms with Gasteiger partial charge in [-0.15, -0.1) is 0 Å². The number of rotatable bonds is 4. The molecule has 1 aromatic carbocycles. The molecular formula is C14H17FN4O. The molecule has 0 fully saturated rings. The van der Waals surface area contributed by atoms with Gasteiger partial charge in [0.15, 0.2) is 0 Å². The second-order valence-corrected chi connectivity index (χ2v) is 4.65. The normalized spacial score (nSPS) is 10.7. The lowest BCUT2D eigenvalue weighted by atomic mass is 10.0. The summed E-state index contributed by atoms with van der Waals surface area (Å²) in [5, 5.41) is 3.12. The number of methoxy groups -OCH3 is 1. The van der Waals surface area contributed by atoms with Crippen LogP contribution in [0.15, 0.2) is 24.5 Å². The standard InChI is InChI=1S/C14H17FN4O/c1-8(2)12-13(16)17-7-18-14(12)19-10-5-4-9(15)6-11(10)20-3/h4-8H,1-3H3,(H3,16,17,18,19). The molecule has 2 aromatic rings. The molecule has 0 saturated heterocycles. The van der Waals surface area contributed by atoms with E-state index in [1.54, 1.807) is 6.07 Å². The number of hydrogen-bond acceptors (Lipinski definition) is 5. The highest BCUT2D eigenvalue weighted by Gasteiger charge is 2.14. The van der Waals surface area contributed by atoms with Crippen molar-refractivity contribution in [2.75, 3.05) is 18.2 Å². The fraction of sp³-hybridized carbons (Fsp3) is 0.286. The molecular weight excluding hydrogens is 259 g/mol. The van der Waals surface area contributed by atoms with Crippen molar-refractivity contribution in [1.29, 1.82) is 0 Å². The Morgan fingerprint density at radius 3 is 2.70 bits per heavy atom. The summed E-state index contributed by atoms with van der Waals surface area (Å²) in [6.45, 7) is 4.00. The van der Waals surface area contributed by atoms with Crippen LogP contribution < -0.4 is 15.8 Å². The van der Waals surface area contributed by atoms with Gasteiger partial charge in [0, 0.05) is 11.6 Å². The van der Waals surface area contributed by atoms with Gasteiger partial charge in [0.1, 0.15) is 29.5 Å². The van der Waals surface area contributed by atoms with Crippen molar-refractivity contribution < 1.29 is 9.13 Å². The molecule has 0 saturated carbocycles. The maximum absolute atomic E-state index is 13.2. The van der Waals surface area contributed by atoms with Crippen molar-refractivity contribution in [2.45, 2.75) is 19.8 Å². The second kappa shape index (κ2) is 5.73. The zero-order valence-electron chi connectivity index (χ0n) is 11.6. The molecule has 1 aromatic heterocycles. The molecule has 0 bridgehead atoms. The van der Waals surface area contributed by atoms with Gasteiger partial charge in [-0.3, -0.25) is 0 Å². The lowest BCUT2D eigenvalue weighted by Crippen LogP contribution is -2.07. The van der Waals surface area contributed by atoms with Gasteiger partial charge in [0.05, 0.1) is 12.8 Å². The molecule has 0 aliphatic carbocycles. The van der Waals surface area contributed by atoms with Gasteiger partial charge in [-0.2, -0.15) is 0 Å². The number of nitrogens with one attached hydrogen (secondary N) is 1. The third kappa shape index (κ3) is 2.79. The topological polar surface area (TPSA) is 73.1 Å². The van der Waals surface area contributed by atoms with Crippen molar-refractivity contribution in [1.82, 2.24) is 9.97 Å². The highest BCUT2D eigenvalue weighted by molar-refractivity contribution is 5.69. The summed E-state index contributed by atoms with van der Waals surface area (Å²) in [5.74, 6) is 1.22. The predicted molar refractivity (Wildman–Crippen MR) is 76.8 cm³/mol. The minimum atomic E-state index is -0.362. The largest absolute Gasteiger partial charge is 0.494 e. The number of anilines is 3. The van der Waals surface area contributed by atoms with Gasteiger partial charge >= 0.3 is 0 Å². The van der Waals surface area contributed by atoms with E-state index in [1.165, 1.54) is 25.6 Å². The number of hydrogen-bond donors (Lipinski definition) is 2. The van der Waals surface area contributed by atoms with Crippen LogP contribution in [0.5, 0.6) is 5.75 Å². The molecule has 1 heterocycles. The van der Waals surface area contributed by atoms with Crippen LogP contribution in [0.1, 0.15) is 25.3 Å². The number of benzene rings is 1. The number of nitrogen functional groups attached to an aromatic ring is 1. The highest BCUT2D eigenvalue weighted by atomic mass is 19.1. The third-order valence-electron chi connectivity index (χ3n) is 2.91. The monoisotopic (exact) mass is 276 g/mol. The minimum Gasteiger partial charge on any atom is -0.494 e. The van der Waals surface area contributed by atoms with Crippen LogP contribution in [0.25, 0.3) is 0 Å². The first kappa shape index (κ1) is 14.0. The molecule has 106 valence electrons. The molecule has 2 rings (SSSR count).